The molecule has 8 heteroatoms. The number of para-hydroxylation sites is 1. The predicted octanol–water partition coefficient (Wildman–Crippen LogP) is 1.41. The lowest BCUT2D eigenvalue weighted by atomic mass is 10.2. The Labute approximate surface area is 168 Å². The molecule has 0 saturated carbocycles. The molecule has 1 aromatic rings. The Morgan fingerprint density at radius 2 is 1.85 bits per heavy atom. The van der Waals surface area contributed by atoms with Gasteiger partial charge in [0.05, 0.1) is 0 Å². The lowest BCUT2D eigenvalue weighted by molar-refractivity contribution is -0.133. The first kappa shape index (κ1) is 24.9. The van der Waals surface area contributed by atoms with Crippen LogP contribution in [0, 0.1) is 0 Å². The van der Waals surface area contributed by atoms with Gasteiger partial charge in [-0.25, -0.2) is 0 Å². The molecule has 0 bridgehead atoms. The Hall–Kier alpha value is -1.05. The van der Waals surface area contributed by atoms with Crippen molar-refractivity contribution in [2.45, 2.75) is 18.9 Å². The average molecular weight is 408 g/mol. The Kier molecular flexibility index (Phi) is 13.5. The number of benzene rings is 1. The van der Waals surface area contributed by atoms with Crippen LogP contribution in [0.2, 0.25) is 0 Å². The standard InChI is InChI=1S/C18H29N3O3.2ClH/c1-19-9-5-8-18(23)21-12-10-20(11-13-21)14-16(22)15-24-17-6-3-2-4-7-17;;/h2-4,6-7,16,19,22H,5,8-15H2,1H3;2*1H. The van der Waals surface area contributed by atoms with Crippen LogP contribution in [0.4, 0.5) is 0 Å². The molecule has 1 aliphatic rings. The van der Waals surface area contributed by atoms with Crippen LogP contribution in [0.1, 0.15) is 12.8 Å². The first-order valence-corrected chi connectivity index (χ1v) is 8.69. The number of carbonyl (C=O) groups excluding carboxylic acids is 1. The molecule has 1 unspecified atom stereocenters. The van der Waals surface area contributed by atoms with Crippen molar-refractivity contribution in [1.82, 2.24) is 15.1 Å². The van der Waals surface area contributed by atoms with Crippen molar-refractivity contribution in [3.63, 3.8) is 0 Å². The van der Waals surface area contributed by atoms with Crippen LogP contribution >= 0.6 is 24.8 Å². The summed E-state index contributed by atoms with van der Waals surface area (Å²) in [4.78, 5) is 16.2. The molecule has 26 heavy (non-hydrogen) atoms. The molecule has 2 N–H and O–H groups in total. The lowest BCUT2D eigenvalue weighted by Crippen LogP contribution is -2.51. The number of hydrogen-bond donors (Lipinski definition) is 2. The molecule has 1 atom stereocenters. The molecule has 0 aliphatic carbocycles. The van der Waals surface area contributed by atoms with Crippen molar-refractivity contribution in [1.29, 1.82) is 0 Å². The van der Waals surface area contributed by atoms with Crippen molar-refractivity contribution < 1.29 is 14.6 Å². The minimum atomic E-state index is -0.525. The van der Waals surface area contributed by atoms with Gasteiger partial charge >= 0.3 is 0 Å². The van der Waals surface area contributed by atoms with Gasteiger partial charge in [0.25, 0.3) is 0 Å². The van der Waals surface area contributed by atoms with E-state index in [-0.39, 0.29) is 37.3 Å². The van der Waals surface area contributed by atoms with E-state index in [0.29, 0.717) is 13.0 Å². The van der Waals surface area contributed by atoms with Gasteiger partial charge in [-0.15, -0.1) is 24.8 Å². The van der Waals surface area contributed by atoms with Gasteiger partial charge in [0.1, 0.15) is 18.5 Å². The molecule has 1 amide bonds. The molecule has 0 spiro atoms. The number of carbonyl (C=O) groups is 1. The van der Waals surface area contributed by atoms with E-state index < -0.39 is 6.10 Å². The monoisotopic (exact) mass is 407 g/mol. The number of piperazine rings is 1. The Bertz CT molecular complexity index is 486. The van der Waals surface area contributed by atoms with Crippen LogP contribution in [-0.2, 0) is 4.79 Å². The highest BCUT2D eigenvalue weighted by Gasteiger charge is 2.22. The summed E-state index contributed by atoms with van der Waals surface area (Å²) in [6.45, 7) is 4.83. The van der Waals surface area contributed by atoms with Crippen molar-refractivity contribution in [3.8, 4) is 5.75 Å². The first-order valence-electron chi connectivity index (χ1n) is 8.69. The van der Waals surface area contributed by atoms with Crippen LogP contribution in [-0.4, -0.2) is 79.8 Å². The van der Waals surface area contributed by atoms with E-state index in [1.165, 1.54) is 0 Å². The number of hydrogen-bond acceptors (Lipinski definition) is 5. The zero-order valence-corrected chi connectivity index (χ0v) is 16.9. The van der Waals surface area contributed by atoms with E-state index in [2.05, 4.69) is 10.2 Å². The summed E-state index contributed by atoms with van der Waals surface area (Å²) in [7, 11) is 1.90. The molecule has 1 aliphatic heterocycles. The average Bonchev–Trinajstić information content (AvgIpc) is 2.61. The Balaban J connectivity index is 0.00000312. The third-order valence-electron chi connectivity index (χ3n) is 4.20. The zero-order chi connectivity index (χ0) is 17.2. The molecule has 1 aromatic carbocycles. The highest BCUT2D eigenvalue weighted by atomic mass is 35.5. The van der Waals surface area contributed by atoms with Gasteiger partial charge < -0.3 is 20.1 Å². The van der Waals surface area contributed by atoms with Crippen molar-refractivity contribution in [3.05, 3.63) is 30.3 Å². The smallest absolute Gasteiger partial charge is 0.222 e. The minimum Gasteiger partial charge on any atom is -0.491 e. The van der Waals surface area contributed by atoms with E-state index in [0.717, 1.165) is 44.9 Å². The number of β-amino-alcohol motifs (C(OH)–C–C–N with tert-alkyl or cyclic N) is 1. The van der Waals surface area contributed by atoms with Crippen molar-refractivity contribution in [2.24, 2.45) is 0 Å². The number of rotatable bonds is 9. The van der Waals surface area contributed by atoms with E-state index in [4.69, 9.17) is 4.74 Å². The van der Waals surface area contributed by atoms with Crippen LogP contribution in [0.3, 0.4) is 0 Å². The molecule has 1 saturated heterocycles. The minimum absolute atomic E-state index is 0. The number of nitrogens with one attached hydrogen (secondary N) is 1. The number of nitrogens with zero attached hydrogens (tertiary/aromatic N) is 2. The summed E-state index contributed by atoms with van der Waals surface area (Å²) in [5.74, 6) is 1.01. The van der Waals surface area contributed by atoms with Crippen LogP contribution in [0.25, 0.3) is 0 Å². The SMILES string of the molecule is CNCCCC(=O)N1CCN(CC(O)COc2ccccc2)CC1.Cl.Cl. The summed E-state index contributed by atoms with van der Waals surface area (Å²) in [6.07, 6.45) is 0.961. The predicted molar refractivity (Wildman–Crippen MR) is 109 cm³/mol. The molecule has 0 aromatic heterocycles. The molecule has 1 fully saturated rings. The van der Waals surface area contributed by atoms with Crippen molar-refractivity contribution in [2.75, 3.05) is 52.9 Å². The third-order valence-corrected chi connectivity index (χ3v) is 4.20. The molecule has 150 valence electrons. The van der Waals surface area contributed by atoms with E-state index >= 15 is 0 Å². The normalized spacial score (nSPS) is 15.5. The second-order valence-electron chi connectivity index (χ2n) is 6.17. The molecular formula is C18H31Cl2N3O3. The third kappa shape index (κ3) is 9.05. The highest BCUT2D eigenvalue weighted by molar-refractivity contribution is 5.85. The summed E-state index contributed by atoms with van der Waals surface area (Å²) in [6, 6.07) is 9.52. The quantitative estimate of drug-likeness (QED) is 0.605. The second-order valence-corrected chi connectivity index (χ2v) is 6.17. The lowest BCUT2D eigenvalue weighted by Gasteiger charge is -2.35. The van der Waals surface area contributed by atoms with Gasteiger partial charge in [-0.05, 0) is 32.1 Å². The zero-order valence-electron chi connectivity index (χ0n) is 15.3. The summed E-state index contributed by atoms with van der Waals surface area (Å²) in [5.41, 5.74) is 0. The van der Waals surface area contributed by atoms with Crippen LogP contribution < -0.4 is 10.1 Å². The number of halogens is 2. The van der Waals surface area contributed by atoms with Gasteiger partial charge in [-0.3, -0.25) is 9.69 Å². The van der Waals surface area contributed by atoms with Gasteiger partial charge in [0.15, 0.2) is 0 Å². The van der Waals surface area contributed by atoms with Gasteiger partial charge in [0, 0.05) is 39.1 Å². The number of amides is 1. The molecular weight excluding hydrogens is 377 g/mol. The summed E-state index contributed by atoms with van der Waals surface area (Å²) in [5, 5.41) is 13.2. The van der Waals surface area contributed by atoms with Crippen LogP contribution in [0.5, 0.6) is 5.75 Å². The van der Waals surface area contributed by atoms with Crippen LogP contribution in [0.15, 0.2) is 30.3 Å². The molecule has 2 rings (SSSR count). The van der Waals surface area contributed by atoms with E-state index in [9.17, 15) is 9.90 Å². The van der Waals surface area contributed by atoms with Gasteiger partial charge in [-0.1, -0.05) is 18.2 Å². The number of ether oxygens (including phenoxy) is 1. The fourth-order valence-corrected chi connectivity index (χ4v) is 2.81. The fraction of sp³-hybridized carbons (Fsp3) is 0.611. The Morgan fingerprint density at radius 1 is 1.19 bits per heavy atom. The summed E-state index contributed by atoms with van der Waals surface area (Å²) < 4.78 is 5.58. The maximum Gasteiger partial charge on any atom is 0.222 e. The fourth-order valence-electron chi connectivity index (χ4n) is 2.81. The number of aliphatic hydroxyl groups is 1. The van der Waals surface area contributed by atoms with E-state index in [1.807, 2.05) is 42.3 Å². The number of aliphatic hydroxyl groups excluding tert-OH is 1. The maximum absolute atomic E-state index is 12.1. The largest absolute Gasteiger partial charge is 0.491 e. The van der Waals surface area contributed by atoms with Gasteiger partial charge in [0.2, 0.25) is 5.91 Å². The molecule has 0 radical (unpaired) electrons. The van der Waals surface area contributed by atoms with E-state index in [1.54, 1.807) is 0 Å². The first-order chi connectivity index (χ1) is 11.7. The highest BCUT2D eigenvalue weighted by Crippen LogP contribution is 2.10. The van der Waals surface area contributed by atoms with Gasteiger partial charge in [-0.2, -0.15) is 0 Å². The maximum atomic E-state index is 12.1. The molecule has 6 nitrogen and oxygen atoms in total. The molecule has 1 heterocycles. The topological polar surface area (TPSA) is 65.0 Å². The summed E-state index contributed by atoms with van der Waals surface area (Å²) >= 11 is 0. The Morgan fingerprint density at radius 3 is 2.46 bits per heavy atom. The second kappa shape index (κ2) is 14.1. The van der Waals surface area contributed by atoms with Crippen molar-refractivity contribution >= 4 is 30.7 Å².